The molecule has 0 fully saturated rings. The van der Waals surface area contributed by atoms with E-state index < -0.39 is 0 Å². The van der Waals surface area contributed by atoms with Crippen molar-refractivity contribution < 1.29 is 9.47 Å². The van der Waals surface area contributed by atoms with E-state index in [1.807, 2.05) is 50.3 Å². The molecule has 4 rings (SSSR count). The molecule has 1 aromatic heterocycles. The van der Waals surface area contributed by atoms with Crippen LogP contribution >= 0.6 is 0 Å². The van der Waals surface area contributed by atoms with Gasteiger partial charge in [-0.3, -0.25) is 0 Å². The second-order valence-electron chi connectivity index (χ2n) is 6.04. The van der Waals surface area contributed by atoms with Gasteiger partial charge in [-0.25, -0.2) is 15.0 Å². The monoisotopic (exact) mass is 366 g/mol. The number of hydrogen-bond donors (Lipinski definition) is 1. The van der Waals surface area contributed by atoms with Gasteiger partial charge in [0.1, 0.15) is 0 Å². The standard InChI is InChI=1S/C19H20N4O2.C2H6/c20-16-3-1-13(2-4-16)17-21-18(14-5-9-24-10-6-14)23-19(22-17)15-7-11-25-12-8-15;1-2/h1-5,7H,6,8-12,20H2;1-2H3. The molecule has 3 heterocycles. The van der Waals surface area contributed by atoms with Crippen molar-refractivity contribution in [3.05, 3.63) is 48.1 Å². The molecule has 2 N–H and O–H groups in total. The van der Waals surface area contributed by atoms with Gasteiger partial charge in [0.25, 0.3) is 0 Å². The maximum Gasteiger partial charge on any atom is 0.164 e. The molecular weight excluding hydrogens is 340 g/mol. The number of nitrogen functional groups attached to an aromatic ring is 1. The average molecular weight is 366 g/mol. The number of ether oxygens (including phenoxy) is 2. The number of aromatic nitrogens is 3. The van der Waals surface area contributed by atoms with E-state index in [1.54, 1.807) is 0 Å². The van der Waals surface area contributed by atoms with Crippen LogP contribution in [-0.4, -0.2) is 41.4 Å². The van der Waals surface area contributed by atoms with Crippen molar-refractivity contribution in [2.75, 3.05) is 32.2 Å². The van der Waals surface area contributed by atoms with Gasteiger partial charge in [0, 0.05) is 11.3 Å². The number of benzene rings is 1. The van der Waals surface area contributed by atoms with E-state index >= 15 is 0 Å². The van der Waals surface area contributed by atoms with Crippen LogP contribution in [0.5, 0.6) is 0 Å². The van der Waals surface area contributed by atoms with Gasteiger partial charge in [-0.15, -0.1) is 0 Å². The smallest absolute Gasteiger partial charge is 0.164 e. The Morgan fingerprint density at radius 2 is 1.22 bits per heavy atom. The molecule has 142 valence electrons. The average Bonchev–Trinajstić information content (AvgIpc) is 2.76. The SMILES string of the molecule is CC.Nc1ccc(-c2nc(C3=CCOCC3)nc(C3=CCOCC3)n2)cc1. The summed E-state index contributed by atoms with van der Waals surface area (Å²) < 4.78 is 10.8. The summed E-state index contributed by atoms with van der Waals surface area (Å²) in [6, 6.07) is 7.60. The highest BCUT2D eigenvalue weighted by molar-refractivity contribution is 5.68. The molecule has 0 aliphatic carbocycles. The third-order valence-corrected chi connectivity index (χ3v) is 4.31. The van der Waals surface area contributed by atoms with Crippen molar-refractivity contribution in [1.29, 1.82) is 0 Å². The molecule has 27 heavy (non-hydrogen) atoms. The highest BCUT2D eigenvalue weighted by Gasteiger charge is 2.17. The maximum atomic E-state index is 5.80. The van der Waals surface area contributed by atoms with E-state index in [9.17, 15) is 0 Å². The minimum atomic E-state index is 0.601. The molecule has 0 radical (unpaired) electrons. The van der Waals surface area contributed by atoms with E-state index in [0.29, 0.717) is 32.3 Å². The summed E-state index contributed by atoms with van der Waals surface area (Å²) in [6.45, 7) is 6.59. The second kappa shape index (κ2) is 9.39. The Bertz CT molecular complexity index is 784. The molecule has 6 heteroatoms. The molecule has 0 amide bonds. The number of rotatable bonds is 3. The Kier molecular flexibility index (Phi) is 6.68. The second-order valence-corrected chi connectivity index (χ2v) is 6.04. The van der Waals surface area contributed by atoms with Crippen molar-refractivity contribution in [2.24, 2.45) is 0 Å². The van der Waals surface area contributed by atoms with Crippen LogP contribution in [0.15, 0.2) is 36.4 Å². The number of nitrogens with zero attached hydrogens (tertiary/aromatic N) is 3. The van der Waals surface area contributed by atoms with Crippen molar-refractivity contribution in [3.63, 3.8) is 0 Å². The predicted octanol–water partition coefficient (Wildman–Crippen LogP) is 3.75. The third kappa shape index (κ3) is 4.78. The van der Waals surface area contributed by atoms with Crippen LogP contribution in [0.4, 0.5) is 5.69 Å². The summed E-state index contributed by atoms with van der Waals surface area (Å²) >= 11 is 0. The van der Waals surface area contributed by atoms with Gasteiger partial charge in [0.2, 0.25) is 0 Å². The van der Waals surface area contributed by atoms with E-state index in [4.69, 9.17) is 30.2 Å². The zero-order chi connectivity index (χ0) is 19.1. The van der Waals surface area contributed by atoms with Crippen LogP contribution in [0.25, 0.3) is 22.5 Å². The van der Waals surface area contributed by atoms with Gasteiger partial charge in [-0.05, 0) is 48.3 Å². The Morgan fingerprint density at radius 3 is 1.67 bits per heavy atom. The summed E-state index contributed by atoms with van der Waals surface area (Å²) in [6.07, 6.45) is 5.72. The molecule has 1 aromatic carbocycles. The van der Waals surface area contributed by atoms with Crippen LogP contribution in [0.3, 0.4) is 0 Å². The molecule has 2 aliphatic rings. The summed E-state index contributed by atoms with van der Waals surface area (Å²) in [5, 5.41) is 0. The van der Waals surface area contributed by atoms with Gasteiger partial charge < -0.3 is 15.2 Å². The third-order valence-electron chi connectivity index (χ3n) is 4.31. The van der Waals surface area contributed by atoms with Crippen molar-refractivity contribution in [3.8, 4) is 11.4 Å². The molecule has 0 saturated carbocycles. The van der Waals surface area contributed by atoms with Crippen molar-refractivity contribution in [2.45, 2.75) is 26.7 Å². The van der Waals surface area contributed by atoms with Crippen LogP contribution in [0.2, 0.25) is 0 Å². The van der Waals surface area contributed by atoms with E-state index in [2.05, 4.69) is 0 Å². The molecule has 0 bridgehead atoms. The molecule has 0 unspecified atom stereocenters. The lowest BCUT2D eigenvalue weighted by Crippen LogP contribution is -2.12. The topological polar surface area (TPSA) is 83.2 Å². The zero-order valence-electron chi connectivity index (χ0n) is 15.9. The maximum absolute atomic E-state index is 5.80. The first-order chi connectivity index (χ1) is 13.3. The number of nitrogens with two attached hydrogens (primary N) is 1. The largest absolute Gasteiger partial charge is 0.399 e. The lowest BCUT2D eigenvalue weighted by atomic mass is 10.1. The van der Waals surface area contributed by atoms with Gasteiger partial charge in [-0.2, -0.15) is 0 Å². The van der Waals surface area contributed by atoms with E-state index in [0.717, 1.165) is 46.9 Å². The van der Waals surface area contributed by atoms with Crippen LogP contribution in [0.1, 0.15) is 38.3 Å². The molecular formula is C21H26N4O2. The fourth-order valence-electron chi connectivity index (χ4n) is 2.88. The molecule has 0 saturated heterocycles. The summed E-state index contributed by atoms with van der Waals surface area (Å²) in [5.74, 6) is 2.12. The van der Waals surface area contributed by atoms with Crippen LogP contribution in [-0.2, 0) is 9.47 Å². The zero-order valence-corrected chi connectivity index (χ0v) is 15.9. The fraction of sp³-hybridized carbons (Fsp3) is 0.381. The minimum Gasteiger partial charge on any atom is -0.399 e. The van der Waals surface area contributed by atoms with E-state index in [1.165, 1.54) is 0 Å². The van der Waals surface area contributed by atoms with Gasteiger partial charge >= 0.3 is 0 Å². The molecule has 2 aliphatic heterocycles. The Morgan fingerprint density at radius 1 is 0.741 bits per heavy atom. The highest BCUT2D eigenvalue weighted by atomic mass is 16.5. The Labute approximate surface area is 160 Å². The number of hydrogen-bond acceptors (Lipinski definition) is 6. The van der Waals surface area contributed by atoms with Crippen LogP contribution < -0.4 is 5.73 Å². The summed E-state index contributed by atoms with van der Waals surface area (Å²) in [7, 11) is 0. The van der Waals surface area contributed by atoms with E-state index in [-0.39, 0.29) is 0 Å². The molecule has 0 atom stereocenters. The predicted molar refractivity (Wildman–Crippen MR) is 108 cm³/mol. The molecule has 6 nitrogen and oxygen atoms in total. The number of anilines is 1. The summed E-state index contributed by atoms with van der Waals surface area (Å²) in [5.41, 5.74) is 9.67. The first kappa shape index (κ1) is 19.2. The quantitative estimate of drug-likeness (QED) is 0.833. The lowest BCUT2D eigenvalue weighted by molar-refractivity contribution is 0.161. The first-order valence-electron chi connectivity index (χ1n) is 9.46. The van der Waals surface area contributed by atoms with Gasteiger partial charge in [0.05, 0.1) is 26.4 Å². The Balaban J connectivity index is 0.00000102. The minimum absolute atomic E-state index is 0.601. The van der Waals surface area contributed by atoms with Gasteiger partial charge in [0.15, 0.2) is 17.5 Å². The van der Waals surface area contributed by atoms with Crippen molar-refractivity contribution >= 4 is 16.8 Å². The molecule has 0 spiro atoms. The summed E-state index contributed by atoms with van der Waals surface area (Å²) in [4.78, 5) is 14.1. The normalized spacial score (nSPS) is 16.7. The van der Waals surface area contributed by atoms with Crippen LogP contribution in [0, 0.1) is 0 Å². The Hall–Kier alpha value is -2.57. The van der Waals surface area contributed by atoms with Gasteiger partial charge in [-0.1, -0.05) is 26.0 Å². The van der Waals surface area contributed by atoms with Crippen molar-refractivity contribution in [1.82, 2.24) is 15.0 Å². The lowest BCUT2D eigenvalue weighted by Gasteiger charge is -2.16. The first-order valence-corrected chi connectivity index (χ1v) is 9.46. The fourth-order valence-corrected chi connectivity index (χ4v) is 2.88. The molecule has 2 aromatic rings. The highest BCUT2D eigenvalue weighted by Crippen LogP contribution is 2.25.